The SMILES string of the molecule is Cc1ccc(C)c(N2CCN(c3ccc(NS(C)(=O)=O)cc3C(=O)O)CC2)c1. The third-order valence-corrected chi connectivity index (χ3v) is 5.46. The van der Waals surface area contributed by atoms with E-state index in [2.05, 4.69) is 41.7 Å². The van der Waals surface area contributed by atoms with Crippen molar-refractivity contribution in [2.75, 3.05) is 47.0 Å². The maximum atomic E-state index is 11.7. The molecule has 0 spiro atoms. The minimum Gasteiger partial charge on any atom is -0.478 e. The molecule has 0 aliphatic carbocycles. The molecule has 0 bridgehead atoms. The number of nitrogens with zero attached hydrogens (tertiary/aromatic N) is 2. The molecule has 3 rings (SSSR count). The van der Waals surface area contributed by atoms with E-state index in [0.717, 1.165) is 19.3 Å². The number of aromatic carboxylic acids is 1. The molecule has 0 radical (unpaired) electrons. The smallest absolute Gasteiger partial charge is 0.337 e. The second-order valence-electron chi connectivity index (χ2n) is 7.18. The van der Waals surface area contributed by atoms with E-state index < -0.39 is 16.0 Å². The van der Waals surface area contributed by atoms with Gasteiger partial charge in [-0.15, -0.1) is 0 Å². The van der Waals surface area contributed by atoms with Gasteiger partial charge in [0.25, 0.3) is 0 Å². The minimum absolute atomic E-state index is 0.0915. The van der Waals surface area contributed by atoms with Gasteiger partial charge in [-0.25, -0.2) is 13.2 Å². The molecule has 1 aliphatic heterocycles. The van der Waals surface area contributed by atoms with Crippen molar-refractivity contribution in [3.63, 3.8) is 0 Å². The molecule has 1 heterocycles. The molecule has 1 fully saturated rings. The Morgan fingerprint density at radius 2 is 1.57 bits per heavy atom. The van der Waals surface area contributed by atoms with E-state index in [9.17, 15) is 18.3 Å². The fraction of sp³-hybridized carbons (Fsp3) is 0.350. The largest absolute Gasteiger partial charge is 0.478 e. The molecule has 0 aromatic heterocycles. The van der Waals surface area contributed by atoms with Gasteiger partial charge >= 0.3 is 5.97 Å². The summed E-state index contributed by atoms with van der Waals surface area (Å²) in [6.07, 6.45) is 1.04. The molecular formula is C20H25N3O4S. The Kier molecular flexibility index (Phi) is 5.51. The molecule has 2 N–H and O–H groups in total. The topological polar surface area (TPSA) is 90.0 Å². The molecule has 2 aromatic carbocycles. The van der Waals surface area contributed by atoms with Gasteiger partial charge in [-0.3, -0.25) is 4.72 Å². The molecule has 1 aliphatic rings. The summed E-state index contributed by atoms with van der Waals surface area (Å²) in [5.41, 5.74) is 4.59. The van der Waals surface area contributed by atoms with Crippen molar-refractivity contribution in [3.8, 4) is 0 Å². The summed E-state index contributed by atoms with van der Waals surface area (Å²) in [6.45, 7) is 7.11. The predicted molar refractivity (Wildman–Crippen MR) is 112 cm³/mol. The number of carboxylic acids is 1. The maximum Gasteiger partial charge on any atom is 0.337 e. The van der Waals surface area contributed by atoms with Crippen molar-refractivity contribution < 1.29 is 18.3 Å². The second kappa shape index (κ2) is 7.71. The van der Waals surface area contributed by atoms with Gasteiger partial charge in [-0.05, 0) is 49.2 Å². The quantitative estimate of drug-likeness (QED) is 0.798. The van der Waals surface area contributed by atoms with E-state index in [1.807, 2.05) is 4.90 Å². The number of nitrogens with one attached hydrogen (secondary N) is 1. The monoisotopic (exact) mass is 403 g/mol. The highest BCUT2D eigenvalue weighted by atomic mass is 32.2. The van der Waals surface area contributed by atoms with Gasteiger partial charge in [-0.2, -0.15) is 0 Å². The number of hydrogen-bond acceptors (Lipinski definition) is 5. The molecule has 7 nitrogen and oxygen atoms in total. The Morgan fingerprint density at radius 1 is 0.964 bits per heavy atom. The summed E-state index contributed by atoms with van der Waals surface area (Å²) in [7, 11) is -3.47. The minimum atomic E-state index is -3.47. The molecule has 8 heteroatoms. The van der Waals surface area contributed by atoms with Crippen LogP contribution < -0.4 is 14.5 Å². The number of sulfonamides is 1. The number of benzene rings is 2. The van der Waals surface area contributed by atoms with Crippen LogP contribution in [0.4, 0.5) is 17.1 Å². The van der Waals surface area contributed by atoms with E-state index in [-0.39, 0.29) is 11.3 Å². The highest BCUT2D eigenvalue weighted by Crippen LogP contribution is 2.28. The zero-order valence-corrected chi connectivity index (χ0v) is 17.1. The third kappa shape index (κ3) is 4.56. The van der Waals surface area contributed by atoms with Gasteiger partial charge in [-0.1, -0.05) is 12.1 Å². The molecule has 0 atom stereocenters. The summed E-state index contributed by atoms with van der Waals surface area (Å²) < 4.78 is 25.2. The fourth-order valence-corrected chi connectivity index (χ4v) is 4.06. The van der Waals surface area contributed by atoms with Gasteiger partial charge in [0.05, 0.1) is 17.5 Å². The van der Waals surface area contributed by atoms with Crippen LogP contribution in [0.5, 0.6) is 0 Å². The molecule has 0 saturated carbocycles. The van der Waals surface area contributed by atoms with Crippen LogP contribution in [0.2, 0.25) is 0 Å². The van der Waals surface area contributed by atoms with E-state index in [1.54, 1.807) is 12.1 Å². The number of carbonyl (C=O) groups is 1. The highest BCUT2D eigenvalue weighted by Gasteiger charge is 2.23. The first kappa shape index (κ1) is 20.0. The Labute approximate surface area is 165 Å². The van der Waals surface area contributed by atoms with Crippen LogP contribution in [0, 0.1) is 13.8 Å². The standard InChI is InChI=1S/C20H25N3O4S/c1-14-4-5-15(2)19(12-14)23-10-8-22(9-11-23)18-7-6-16(21-28(3,26)27)13-17(18)20(24)25/h4-7,12-13,21H,8-11H2,1-3H3,(H,24,25). The predicted octanol–water partition coefficient (Wildman–Crippen LogP) is 2.70. The van der Waals surface area contributed by atoms with Crippen LogP contribution in [0.25, 0.3) is 0 Å². The number of piperazine rings is 1. The second-order valence-corrected chi connectivity index (χ2v) is 8.92. The van der Waals surface area contributed by atoms with Crippen LogP contribution in [0.15, 0.2) is 36.4 Å². The van der Waals surface area contributed by atoms with E-state index in [0.29, 0.717) is 18.8 Å². The average Bonchev–Trinajstić information content (AvgIpc) is 2.62. The van der Waals surface area contributed by atoms with Crippen molar-refractivity contribution in [1.82, 2.24) is 0 Å². The van der Waals surface area contributed by atoms with Crippen molar-refractivity contribution in [2.45, 2.75) is 13.8 Å². The number of anilines is 3. The first-order chi connectivity index (χ1) is 13.1. The van der Waals surface area contributed by atoms with Gasteiger partial charge in [0.2, 0.25) is 10.0 Å². The molecule has 28 heavy (non-hydrogen) atoms. The molecule has 0 amide bonds. The number of rotatable bonds is 5. The highest BCUT2D eigenvalue weighted by molar-refractivity contribution is 7.92. The first-order valence-corrected chi connectivity index (χ1v) is 11.0. The molecule has 2 aromatic rings. The maximum absolute atomic E-state index is 11.7. The van der Waals surface area contributed by atoms with E-state index in [1.165, 1.54) is 22.9 Å². The molecule has 0 unspecified atom stereocenters. The lowest BCUT2D eigenvalue weighted by molar-refractivity contribution is 0.0697. The fourth-order valence-electron chi connectivity index (χ4n) is 3.51. The Bertz CT molecular complexity index is 997. The molecular weight excluding hydrogens is 378 g/mol. The number of hydrogen-bond donors (Lipinski definition) is 2. The lowest BCUT2D eigenvalue weighted by atomic mass is 10.1. The van der Waals surface area contributed by atoms with Gasteiger partial charge in [0, 0.05) is 37.6 Å². The van der Waals surface area contributed by atoms with Crippen molar-refractivity contribution in [2.24, 2.45) is 0 Å². The average molecular weight is 404 g/mol. The lowest BCUT2D eigenvalue weighted by Crippen LogP contribution is -2.47. The summed E-state index contributed by atoms with van der Waals surface area (Å²) in [5.74, 6) is -1.08. The van der Waals surface area contributed by atoms with Crippen LogP contribution in [0.1, 0.15) is 21.5 Å². The Hall–Kier alpha value is -2.74. The molecule has 1 saturated heterocycles. The summed E-state index contributed by atoms with van der Waals surface area (Å²) in [5, 5.41) is 9.60. The normalized spacial score (nSPS) is 14.8. The van der Waals surface area contributed by atoms with E-state index in [4.69, 9.17) is 0 Å². The van der Waals surface area contributed by atoms with Crippen LogP contribution >= 0.6 is 0 Å². The summed E-state index contributed by atoms with van der Waals surface area (Å²) in [6, 6.07) is 11.0. The van der Waals surface area contributed by atoms with Gasteiger partial charge in [0.15, 0.2) is 0 Å². The van der Waals surface area contributed by atoms with Gasteiger partial charge in [0.1, 0.15) is 0 Å². The van der Waals surface area contributed by atoms with Crippen molar-refractivity contribution in [1.29, 1.82) is 0 Å². The zero-order valence-electron chi connectivity index (χ0n) is 16.3. The zero-order chi connectivity index (χ0) is 20.5. The summed E-state index contributed by atoms with van der Waals surface area (Å²) >= 11 is 0. The van der Waals surface area contributed by atoms with E-state index >= 15 is 0 Å². The lowest BCUT2D eigenvalue weighted by Gasteiger charge is -2.38. The first-order valence-electron chi connectivity index (χ1n) is 9.06. The third-order valence-electron chi connectivity index (χ3n) is 4.86. The van der Waals surface area contributed by atoms with Gasteiger partial charge < -0.3 is 14.9 Å². The van der Waals surface area contributed by atoms with Crippen LogP contribution in [-0.4, -0.2) is 51.9 Å². The molecule has 150 valence electrons. The number of carboxylic acid groups (broad SMARTS) is 1. The van der Waals surface area contributed by atoms with Crippen molar-refractivity contribution in [3.05, 3.63) is 53.1 Å². The Morgan fingerprint density at radius 3 is 2.14 bits per heavy atom. The van der Waals surface area contributed by atoms with Crippen molar-refractivity contribution >= 4 is 33.1 Å². The van der Waals surface area contributed by atoms with Crippen LogP contribution in [-0.2, 0) is 10.0 Å². The van der Waals surface area contributed by atoms with Crippen LogP contribution in [0.3, 0.4) is 0 Å². The number of aryl methyl sites for hydroxylation is 2. The Balaban J connectivity index is 1.80. The summed E-state index contributed by atoms with van der Waals surface area (Å²) in [4.78, 5) is 16.1.